The maximum Gasteiger partial charge on any atom is 0.270 e. The smallest absolute Gasteiger partial charge is 0.270 e. The first-order valence-corrected chi connectivity index (χ1v) is 5.84. The lowest BCUT2D eigenvalue weighted by atomic mass is 10.0. The van der Waals surface area contributed by atoms with Crippen LogP contribution in [-0.4, -0.2) is 29.5 Å². The predicted molar refractivity (Wildman–Crippen MR) is 73.1 cm³/mol. The second-order valence-electron chi connectivity index (χ2n) is 4.52. The molecule has 0 heterocycles. The highest BCUT2D eigenvalue weighted by molar-refractivity contribution is 5.99. The Labute approximate surface area is 110 Å². The summed E-state index contributed by atoms with van der Waals surface area (Å²) in [5, 5.41) is 19.5. The molecule has 0 radical (unpaired) electrons. The normalized spacial score (nSPS) is 15.2. The summed E-state index contributed by atoms with van der Waals surface area (Å²) in [7, 11) is 1.60. The summed E-state index contributed by atoms with van der Waals surface area (Å²) < 4.78 is 0. The van der Waals surface area contributed by atoms with Crippen molar-refractivity contribution in [2.45, 2.75) is 18.8 Å². The third-order valence-corrected chi connectivity index (χ3v) is 2.96. The fourth-order valence-electron chi connectivity index (χ4n) is 1.92. The van der Waals surface area contributed by atoms with Crippen LogP contribution in [0, 0.1) is 10.1 Å². The van der Waals surface area contributed by atoms with Gasteiger partial charge in [-0.25, -0.2) is 5.84 Å². The van der Waals surface area contributed by atoms with Gasteiger partial charge in [0.25, 0.3) is 5.69 Å². The molecule has 1 aromatic carbocycles. The molecule has 0 atom stereocenters. The average molecular weight is 261 g/mol. The Bertz CT molecular complexity index is 549. The molecule has 1 aliphatic carbocycles. The number of nitro groups is 1. The number of hydrogen-bond donors (Lipinski definition) is 1. The van der Waals surface area contributed by atoms with E-state index in [1.54, 1.807) is 13.1 Å². The third-order valence-electron chi connectivity index (χ3n) is 2.96. The number of rotatable bonds is 4. The van der Waals surface area contributed by atoms with Crippen LogP contribution >= 0.6 is 0 Å². The van der Waals surface area contributed by atoms with Gasteiger partial charge in [0.2, 0.25) is 0 Å². The van der Waals surface area contributed by atoms with Gasteiger partial charge in [-0.05, 0) is 30.4 Å². The van der Waals surface area contributed by atoms with E-state index in [2.05, 4.69) is 16.9 Å². The number of benzene rings is 1. The van der Waals surface area contributed by atoms with Gasteiger partial charge in [0.05, 0.1) is 4.92 Å². The molecule has 1 aromatic rings. The van der Waals surface area contributed by atoms with Crippen molar-refractivity contribution in [2.75, 3.05) is 7.05 Å². The molecule has 2 rings (SSSR count). The topological polar surface area (TPSA) is 97.1 Å². The van der Waals surface area contributed by atoms with Gasteiger partial charge < -0.3 is 0 Å². The molecule has 19 heavy (non-hydrogen) atoms. The Morgan fingerprint density at radius 3 is 2.68 bits per heavy atom. The van der Waals surface area contributed by atoms with E-state index in [-0.39, 0.29) is 5.69 Å². The van der Waals surface area contributed by atoms with Crippen molar-refractivity contribution < 1.29 is 4.92 Å². The first kappa shape index (κ1) is 13.2. The quantitative estimate of drug-likeness (QED) is 0.293. The predicted octanol–water partition coefficient (Wildman–Crippen LogP) is 1.64. The molecule has 0 unspecified atom stereocenters. The van der Waals surface area contributed by atoms with Crippen LogP contribution in [0.3, 0.4) is 0 Å². The zero-order valence-corrected chi connectivity index (χ0v) is 10.6. The standard InChI is InChI=1S/C12H15N5O2/c1-14-15-12(16(2)13)10-5-9(8-3-4-8)6-11(7-10)17(18)19/h5-8H,1,3-4,13H2,2H3/b15-12-. The van der Waals surface area contributed by atoms with Crippen molar-refractivity contribution >= 4 is 18.2 Å². The third kappa shape index (κ3) is 2.94. The summed E-state index contributed by atoms with van der Waals surface area (Å²) >= 11 is 0. The van der Waals surface area contributed by atoms with Crippen LogP contribution in [0.15, 0.2) is 28.4 Å². The van der Waals surface area contributed by atoms with E-state index in [0.29, 0.717) is 17.3 Å². The van der Waals surface area contributed by atoms with E-state index >= 15 is 0 Å². The molecule has 1 saturated carbocycles. The number of nitrogens with zero attached hydrogens (tertiary/aromatic N) is 4. The van der Waals surface area contributed by atoms with Crippen molar-refractivity contribution in [3.8, 4) is 0 Å². The van der Waals surface area contributed by atoms with Crippen LogP contribution in [-0.2, 0) is 0 Å². The molecule has 0 aromatic heterocycles. The van der Waals surface area contributed by atoms with Gasteiger partial charge >= 0.3 is 0 Å². The van der Waals surface area contributed by atoms with Crippen molar-refractivity contribution in [2.24, 2.45) is 16.0 Å². The Morgan fingerprint density at radius 2 is 2.21 bits per heavy atom. The van der Waals surface area contributed by atoms with Gasteiger partial charge in [-0.3, -0.25) is 15.1 Å². The number of nitrogens with two attached hydrogens (primary N) is 1. The maximum absolute atomic E-state index is 11.0. The summed E-state index contributed by atoms with van der Waals surface area (Å²) in [6.45, 7) is 3.28. The average Bonchev–Trinajstić information content (AvgIpc) is 3.19. The zero-order chi connectivity index (χ0) is 14.0. The molecule has 2 N–H and O–H groups in total. The monoisotopic (exact) mass is 261 g/mol. The van der Waals surface area contributed by atoms with Crippen LogP contribution < -0.4 is 5.84 Å². The van der Waals surface area contributed by atoms with Gasteiger partial charge in [0.1, 0.15) is 0 Å². The van der Waals surface area contributed by atoms with E-state index in [4.69, 9.17) is 5.84 Å². The molecule has 0 bridgehead atoms. The Kier molecular flexibility index (Phi) is 3.57. The van der Waals surface area contributed by atoms with Crippen LogP contribution in [0.2, 0.25) is 0 Å². The minimum Gasteiger partial charge on any atom is -0.296 e. The van der Waals surface area contributed by atoms with E-state index in [1.165, 1.54) is 11.1 Å². The van der Waals surface area contributed by atoms with E-state index in [9.17, 15) is 10.1 Å². The highest BCUT2D eigenvalue weighted by Gasteiger charge is 2.26. The van der Waals surface area contributed by atoms with E-state index in [1.807, 2.05) is 6.07 Å². The SMILES string of the molecule is C=N/N=C(/c1cc(C2CC2)cc([N+](=O)[O-])c1)N(C)N. The second-order valence-corrected chi connectivity index (χ2v) is 4.52. The van der Waals surface area contributed by atoms with Crippen molar-refractivity contribution in [3.05, 3.63) is 39.4 Å². The minimum atomic E-state index is -0.412. The van der Waals surface area contributed by atoms with Crippen molar-refractivity contribution in [1.82, 2.24) is 5.01 Å². The number of non-ortho nitro benzene ring substituents is 1. The molecular formula is C12H15N5O2. The molecule has 0 aliphatic heterocycles. The van der Waals surface area contributed by atoms with Crippen molar-refractivity contribution in [1.29, 1.82) is 0 Å². The Morgan fingerprint density at radius 1 is 1.53 bits per heavy atom. The van der Waals surface area contributed by atoms with Gasteiger partial charge in [-0.15, -0.1) is 5.10 Å². The molecule has 7 heteroatoms. The summed E-state index contributed by atoms with van der Waals surface area (Å²) in [6.07, 6.45) is 2.12. The summed E-state index contributed by atoms with van der Waals surface area (Å²) in [4.78, 5) is 10.6. The fraction of sp³-hybridized carbons (Fsp3) is 0.333. The first-order valence-electron chi connectivity index (χ1n) is 5.84. The molecular weight excluding hydrogens is 246 g/mol. The first-order chi connectivity index (χ1) is 9.02. The second kappa shape index (κ2) is 5.15. The largest absolute Gasteiger partial charge is 0.296 e. The summed E-state index contributed by atoms with van der Waals surface area (Å²) in [5.74, 6) is 6.42. The lowest BCUT2D eigenvalue weighted by molar-refractivity contribution is -0.384. The zero-order valence-electron chi connectivity index (χ0n) is 10.6. The van der Waals surface area contributed by atoms with Gasteiger partial charge in [-0.1, -0.05) is 0 Å². The van der Waals surface area contributed by atoms with Crippen LogP contribution in [0.4, 0.5) is 5.69 Å². The van der Waals surface area contributed by atoms with Gasteiger partial charge in [0, 0.05) is 31.5 Å². The molecule has 1 aliphatic rings. The lowest BCUT2D eigenvalue weighted by Gasteiger charge is -2.14. The molecule has 0 saturated heterocycles. The van der Waals surface area contributed by atoms with E-state index in [0.717, 1.165) is 18.4 Å². The summed E-state index contributed by atoms with van der Waals surface area (Å²) in [6, 6.07) is 4.92. The molecule has 7 nitrogen and oxygen atoms in total. The van der Waals surface area contributed by atoms with Crippen molar-refractivity contribution in [3.63, 3.8) is 0 Å². The number of amidine groups is 1. The molecule has 100 valence electrons. The molecule has 0 amide bonds. The van der Waals surface area contributed by atoms with Crippen LogP contribution in [0.5, 0.6) is 0 Å². The number of hydrazine groups is 1. The highest BCUT2D eigenvalue weighted by Crippen LogP contribution is 2.41. The number of nitro benzene ring substituents is 1. The van der Waals surface area contributed by atoms with Gasteiger partial charge in [-0.2, -0.15) is 5.10 Å². The van der Waals surface area contributed by atoms with Crippen LogP contribution in [0.1, 0.15) is 29.9 Å². The molecule has 1 fully saturated rings. The summed E-state index contributed by atoms with van der Waals surface area (Å²) in [5.41, 5.74) is 1.56. The Balaban J connectivity index is 2.51. The van der Waals surface area contributed by atoms with Crippen LogP contribution in [0.25, 0.3) is 0 Å². The molecule has 0 spiro atoms. The number of hydrogen-bond acceptors (Lipinski definition) is 5. The van der Waals surface area contributed by atoms with Gasteiger partial charge in [0.15, 0.2) is 5.84 Å². The van der Waals surface area contributed by atoms with E-state index < -0.39 is 4.92 Å². The highest BCUT2D eigenvalue weighted by atomic mass is 16.6. The lowest BCUT2D eigenvalue weighted by Crippen LogP contribution is -2.33. The maximum atomic E-state index is 11.0. The minimum absolute atomic E-state index is 0.0398. The fourth-order valence-corrected chi connectivity index (χ4v) is 1.92. The Hall–Kier alpha value is -2.28.